The molecule has 0 radical (unpaired) electrons. The second-order valence-corrected chi connectivity index (χ2v) is 6.86. The average molecular weight is 387 g/mol. The number of nitrogens with one attached hydrogen (secondary N) is 3. The number of carbonyl (C=O) groups is 2. The van der Waals surface area contributed by atoms with E-state index in [9.17, 15) is 9.59 Å². The van der Waals surface area contributed by atoms with Crippen LogP contribution in [0, 0.1) is 0 Å². The summed E-state index contributed by atoms with van der Waals surface area (Å²) in [4.78, 5) is 33.2. The molecule has 0 saturated heterocycles. The minimum Gasteiger partial charge on any atom is -0.326 e. The molecule has 1 aliphatic rings. The third kappa shape index (κ3) is 4.95. The monoisotopic (exact) mass is 387 g/mol. The molecule has 0 atom stereocenters. The van der Waals surface area contributed by atoms with Crippen molar-refractivity contribution in [3.63, 3.8) is 0 Å². The Morgan fingerprint density at radius 3 is 2.07 bits per heavy atom. The predicted molar refractivity (Wildman–Crippen MR) is 113 cm³/mol. The van der Waals surface area contributed by atoms with Crippen molar-refractivity contribution in [2.45, 2.75) is 25.7 Å². The fraction of sp³-hybridized carbons (Fsp3) is 0.182. The van der Waals surface area contributed by atoms with Crippen molar-refractivity contribution in [2.75, 3.05) is 16.0 Å². The van der Waals surface area contributed by atoms with Crippen LogP contribution in [0.3, 0.4) is 0 Å². The number of aromatic nitrogens is 2. The molecule has 146 valence electrons. The molecule has 0 spiro atoms. The molecule has 0 fully saturated rings. The molecule has 7 heteroatoms. The van der Waals surface area contributed by atoms with Crippen LogP contribution in [0.25, 0.3) is 11.3 Å². The highest BCUT2D eigenvalue weighted by atomic mass is 16.2. The van der Waals surface area contributed by atoms with Gasteiger partial charge in [-0.25, -0.2) is 9.97 Å². The van der Waals surface area contributed by atoms with Gasteiger partial charge in [-0.2, -0.15) is 0 Å². The van der Waals surface area contributed by atoms with Gasteiger partial charge in [-0.3, -0.25) is 9.59 Å². The minimum atomic E-state index is -0.0744. The van der Waals surface area contributed by atoms with Gasteiger partial charge < -0.3 is 16.0 Å². The predicted octanol–water partition coefficient (Wildman–Crippen LogP) is 4.34. The summed E-state index contributed by atoms with van der Waals surface area (Å²) in [6.45, 7) is 0. The summed E-state index contributed by atoms with van der Waals surface area (Å²) in [5.74, 6) is 0.303. The Morgan fingerprint density at radius 1 is 0.724 bits per heavy atom. The fourth-order valence-corrected chi connectivity index (χ4v) is 3.16. The second kappa shape index (κ2) is 8.52. The van der Waals surface area contributed by atoms with Crippen molar-refractivity contribution in [1.29, 1.82) is 0 Å². The van der Waals surface area contributed by atoms with Crippen molar-refractivity contribution in [3.05, 3.63) is 60.8 Å². The van der Waals surface area contributed by atoms with Crippen LogP contribution in [0.1, 0.15) is 25.7 Å². The first-order valence-corrected chi connectivity index (χ1v) is 9.56. The molecular weight excluding hydrogens is 366 g/mol. The number of hydrogen-bond donors (Lipinski definition) is 3. The number of anilines is 4. The molecule has 29 heavy (non-hydrogen) atoms. The molecule has 4 rings (SSSR count). The van der Waals surface area contributed by atoms with Crippen LogP contribution in [0.2, 0.25) is 0 Å². The standard InChI is InChI=1S/C22H21N5O2/c28-20-9-1-2-10-21(29)25-17-7-4-8-18(14-17)26-22-23-12-11-19(27-22)15-5-3-6-16(13-15)24-20/h3-8,11-14H,1-2,9-10H2,(H,24,28)(H,25,29)(H,23,26,27). The third-order valence-corrected chi connectivity index (χ3v) is 4.56. The molecule has 2 aromatic carbocycles. The zero-order valence-electron chi connectivity index (χ0n) is 15.8. The van der Waals surface area contributed by atoms with Gasteiger partial charge in [0.1, 0.15) is 0 Å². The average Bonchev–Trinajstić information content (AvgIpc) is 2.71. The van der Waals surface area contributed by atoms with E-state index in [1.165, 1.54) is 0 Å². The number of nitrogens with zero attached hydrogens (tertiary/aromatic N) is 2. The van der Waals surface area contributed by atoms with Crippen LogP contribution in [0.15, 0.2) is 60.8 Å². The zero-order chi connectivity index (χ0) is 20.1. The van der Waals surface area contributed by atoms with Crippen LogP contribution in [-0.2, 0) is 9.59 Å². The summed E-state index contributed by atoms with van der Waals surface area (Å²) < 4.78 is 0. The number of benzene rings is 2. The summed E-state index contributed by atoms with van der Waals surface area (Å²) in [6, 6.07) is 16.8. The molecule has 6 bridgehead atoms. The molecular formula is C22H21N5O2. The van der Waals surface area contributed by atoms with Gasteiger partial charge in [-0.15, -0.1) is 0 Å². The van der Waals surface area contributed by atoms with Gasteiger partial charge in [0.15, 0.2) is 0 Å². The molecule has 0 unspecified atom stereocenters. The lowest BCUT2D eigenvalue weighted by Gasteiger charge is -2.11. The Bertz CT molecular complexity index is 1050. The van der Waals surface area contributed by atoms with E-state index in [4.69, 9.17) is 0 Å². The molecule has 1 aromatic heterocycles. The minimum absolute atomic E-state index is 0.0681. The fourth-order valence-electron chi connectivity index (χ4n) is 3.16. The van der Waals surface area contributed by atoms with Crippen molar-refractivity contribution >= 4 is 34.8 Å². The van der Waals surface area contributed by atoms with Gasteiger partial charge in [0.05, 0.1) is 5.69 Å². The quantitative estimate of drug-likeness (QED) is 0.533. The van der Waals surface area contributed by atoms with Crippen LogP contribution in [0.4, 0.5) is 23.0 Å². The normalized spacial score (nSPS) is 14.6. The highest BCUT2D eigenvalue weighted by Gasteiger charge is 2.09. The van der Waals surface area contributed by atoms with E-state index < -0.39 is 0 Å². The maximum Gasteiger partial charge on any atom is 0.227 e. The number of hydrogen-bond acceptors (Lipinski definition) is 5. The van der Waals surface area contributed by atoms with E-state index in [2.05, 4.69) is 25.9 Å². The number of rotatable bonds is 0. The van der Waals surface area contributed by atoms with Gasteiger partial charge in [-0.05, 0) is 49.2 Å². The lowest BCUT2D eigenvalue weighted by Crippen LogP contribution is -2.13. The number of fused-ring (bicyclic) bond motifs is 7. The van der Waals surface area contributed by atoms with E-state index in [0.717, 1.165) is 16.9 Å². The summed E-state index contributed by atoms with van der Waals surface area (Å²) in [6.07, 6.45) is 3.71. The van der Waals surface area contributed by atoms with Gasteiger partial charge in [-0.1, -0.05) is 18.2 Å². The van der Waals surface area contributed by atoms with Crippen molar-refractivity contribution < 1.29 is 9.59 Å². The van der Waals surface area contributed by atoms with Gasteiger partial charge in [0.2, 0.25) is 17.8 Å². The number of amides is 2. The van der Waals surface area contributed by atoms with Crippen LogP contribution < -0.4 is 16.0 Å². The Labute approximate surface area is 168 Å². The van der Waals surface area contributed by atoms with Gasteiger partial charge in [0, 0.05) is 41.7 Å². The van der Waals surface area contributed by atoms with E-state index >= 15 is 0 Å². The Morgan fingerprint density at radius 2 is 1.34 bits per heavy atom. The molecule has 2 amide bonds. The van der Waals surface area contributed by atoms with E-state index in [-0.39, 0.29) is 11.8 Å². The molecule has 0 saturated carbocycles. The zero-order valence-corrected chi connectivity index (χ0v) is 15.8. The van der Waals surface area contributed by atoms with Gasteiger partial charge >= 0.3 is 0 Å². The molecule has 1 aliphatic heterocycles. The third-order valence-electron chi connectivity index (χ3n) is 4.56. The second-order valence-electron chi connectivity index (χ2n) is 6.86. The van der Waals surface area contributed by atoms with E-state index in [1.807, 2.05) is 54.6 Å². The van der Waals surface area contributed by atoms with E-state index in [1.54, 1.807) is 6.20 Å². The van der Waals surface area contributed by atoms with Crippen LogP contribution in [-0.4, -0.2) is 21.8 Å². The van der Waals surface area contributed by atoms with Gasteiger partial charge in [0.25, 0.3) is 0 Å². The first-order chi connectivity index (χ1) is 14.2. The van der Waals surface area contributed by atoms with Crippen LogP contribution >= 0.6 is 0 Å². The molecule has 3 N–H and O–H groups in total. The molecule has 7 nitrogen and oxygen atoms in total. The van der Waals surface area contributed by atoms with Crippen LogP contribution in [0.5, 0.6) is 0 Å². The summed E-state index contributed by atoms with van der Waals surface area (Å²) in [5, 5.41) is 8.97. The van der Waals surface area contributed by atoms with Crippen molar-refractivity contribution in [3.8, 4) is 11.3 Å². The Kier molecular flexibility index (Phi) is 5.47. The Hall–Kier alpha value is -3.74. The maximum absolute atomic E-state index is 12.2. The largest absolute Gasteiger partial charge is 0.326 e. The summed E-state index contributed by atoms with van der Waals surface area (Å²) in [5.41, 5.74) is 3.82. The SMILES string of the molecule is O=C1CCCCC(=O)Nc2cccc(c2)-c2ccnc(n2)Nc2cccc(c2)N1. The molecule has 2 heterocycles. The topological polar surface area (TPSA) is 96.0 Å². The summed E-state index contributed by atoms with van der Waals surface area (Å²) >= 11 is 0. The summed E-state index contributed by atoms with van der Waals surface area (Å²) in [7, 11) is 0. The smallest absolute Gasteiger partial charge is 0.227 e. The lowest BCUT2D eigenvalue weighted by atomic mass is 10.1. The molecule has 0 aliphatic carbocycles. The first-order valence-electron chi connectivity index (χ1n) is 9.56. The highest BCUT2D eigenvalue weighted by Crippen LogP contribution is 2.24. The number of carbonyl (C=O) groups excluding carboxylic acids is 2. The molecule has 3 aromatic rings. The lowest BCUT2D eigenvalue weighted by molar-refractivity contribution is -0.118. The highest BCUT2D eigenvalue weighted by molar-refractivity contribution is 5.92. The Balaban J connectivity index is 1.68. The first kappa shape index (κ1) is 18.6. The van der Waals surface area contributed by atoms with Crippen molar-refractivity contribution in [2.24, 2.45) is 0 Å². The van der Waals surface area contributed by atoms with Crippen molar-refractivity contribution in [1.82, 2.24) is 9.97 Å². The maximum atomic E-state index is 12.2. The van der Waals surface area contributed by atoms with E-state index in [0.29, 0.717) is 43.0 Å².